The van der Waals surface area contributed by atoms with E-state index < -0.39 is 5.54 Å². The summed E-state index contributed by atoms with van der Waals surface area (Å²) in [6, 6.07) is 0. The number of carbonyl (C=O) groups excluding carboxylic acids is 1. The molecule has 0 spiro atoms. The molecule has 0 aromatic carbocycles. The van der Waals surface area contributed by atoms with Gasteiger partial charge in [0.05, 0.1) is 24.4 Å². The molecule has 3 aliphatic rings. The van der Waals surface area contributed by atoms with Crippen molar-refractivity contribution in [2.24, 2.45) is 5.73 Å². The van der Waals surface area contributed by atoms with E-state index in [0.29, 0.717) is 6.61 Å². The van der Waals surface area contributed by atoms with Crippen LogP contribution in [0.2, 0.25) is 0 Å². The summed E-state index contributed by atoms with van der Waals surface area (Å²) in [6.07, 6.45) is 11.0. The number of nitrogens with two attached hydrogens (primary N) is 1. The molecule has 2 N–H and O–H groups in total. The summed E-state index contributed by atoms with van der Waals surface area (Å²) in [7, 11) is 0. The molecule has 1 amide bonds. The van der Waals surface area contributed by atoms with Gasteiger partial charge in [-0.2, -0.15) is 0 Å². The van der Waals surface area contributed by atoms with E-state index in [1.54, 1.807) is 0 Å². The van der Waals surface area contributed by atoms with Gasteiger partial charge < -0.3 is 20.1 Å². The van der Waals surface area contributed by atoms with Crippen LogP contribution in [0.1, 0.15) is 64.2 Å². The van der Waals surface area contributed by atoms with Crippen LogP contribution < -0.4 is 5.73 Å². The van der Waals surface area contributed by atoms with Gasteiger partial charge in [0.1, 0.15) is 0 Å². The molecule has 1 aliphatic carbocycles. The number of rotatable bonds is 4. The average Bonchev–Trinajstić information content (AvgIpc) is 2.61. The Labute approximate surface area is 139 Å². The molecular formula is C18H32N2O3. The van der Waals surface area contributed by atoms with Crippen molar-refractivity contribution < 1.29 is 14.3 Å². The predicted molar refractivity (Wildman–Crippen MR) is 89.1 cm³/mol. The molecule has 0 aromatic rings. The largest absolute Gasteiger partial charge is 0.376 e. The lowest BCUT2D eigenvalue weighted by atomic mass is 9.81. The van der Waals surface area contributed by atoms with E-state index in [1.807, 2.05) is 4.90 Å². The Bertz CT molecular complexity index is 382. The molecule has 0 radical (unpaired) electrons. The summed E-state index contributed by atoms with van der Waals surface area (Å²) < 4.78 is 11.7. The van der Waals surface area contributed by atoms with Crippen molar-refractivity contribution in [3.05, 3.63) is 0 Å². The normalized spacial score (nSPS) is 29.4. The SMILES string of the molecule is NC1(C(=O)N2CCC(OCC3CCCCO3)CC2)CCCCC1. The van der Waals surface area contributed by atoms with Gasteiger partial charge in [-0.25, -0.2) is 0 Å². The third-order valence-corrected chi connectivity index (χ3v) is 5.69. The number of ether oxygens (including phenoxy) is 2. The number of hydrogen-bond acceptors (Lipinski definition) is 4. The fourth-order valence-corrected chi connectivity index (χ4v) is 4.12. The molecule has 132 valence electrons. The van der Waals surface area contributed by atoms with E-state index in [-0.39, 0.29) is 18.1 Å². The molecule has 3 fully saturated rings. The first kappa shape index (κ1) is 17.2. The maximum Gasteiger partial charge on any atom is 0.242 e. The minimum Gasteiger partial charge on any atom is -0.376 e. The molecular weight excluding hydrogens is 292 g/mol. The van der Waals surface area contributed by atoms with Crippen LogP contribution in [0, 0.1) is 0 Å². The van der Waals surface area contributed by atoms with Gasteiger partial charge in [0.15, 0.2) is 0 Å². The molecule has 5 heteroatoms. The van der Waals surface area contributed by atoms with Crippen LogP contribution in [-0.2, 0) is 14.3 Å². The van der Waals surface area contributed by atoms with E-state index in [9.17, 15) is 4.79 Å². The Hall–Kier alpha value is -0.650. The van der Waals surface area contributed by atoms with E-state index in [1.165, 1.54) is 19.3 Å². The van der Waals surface area contributed by atoms with E-state index in [0.717, 1.165) is 64.6 Å². The molecule has 1 saturated carbocycles. The monoisotopic (exact) mass is 324 g/mol. The molecule has 1 atom stereocenters. The van der Waals surface area contributed by atoms with Crippen molar-refractivity contribution in [1.29, 1.82) is 0 Å². The minimum atomic E-state index is -0.595. The number of carbonyl (C=O) groups is 1. The van der Waals surface area contributed by atoms with Crippen LogP contribution in [0.3, 0.4) is 0 Å². The van der Waals surface area contributed by atoms with Crippen LogP contribution in [0.15, 0.2) is 0 Å². The third kappa shape index (κ3) is 4.46. The van der Waals surface area contributed by atoms with Crippen molar-refractivity contribution in [2.45, 2.75) is 82.0 Å². The molecule has 3 rings (SSSR count). The van der Waals surface area contributed by atoms with Crippen molar-refractivity contribution in [1.82, 2.24) is 4.90 Å². The summed E-state index contributed by atoms with van der Waals surface area (Å²) in [5.74, 6) is 0.172. The Balaban J connectivity index is 1.40. The maximum absolute atomic E-state index is 12.7. The van der Waals surface area contributed by atoms with Gasteiger partial charge >= 0.3 is 0 Å². The number of hydrogen-bond donors (Lipinski definition) is 1. The second kappa shape index (κ2) is 7.95. The molecule has 2 saturated heterocycles. The van der Waals surface area contributed by atoms with Crippen LogP contribution in [-0.4, -0.2) is 54.9 Å². The van der Waals surface area contributed by atoms with Crippen molar-refractivity contribution in [2.75, 3.05) is 26.3 Å². The second-order valence-electron chi connectivity index (χ2n) is 7.53. The van der Waals surface area contributed by atoms with Crippen LogP contribution >= 0.6 is 0 Å². The number of likely N-dealkylation sites (tertiary alicyclic amines) is 1. The van der Waals surface area contributed by atoms with Crippen LogP contribution in [0.25, 0.3) is 0 Å². The minimum absolute atomic E-state index is 0.172. The summed E-state index contributed by atoms with van der Waals surface area (Å²) in [6.45, 7) is 3.15. The topological polar surface area (TPSA) is 64.8 Å². The summed E-state index contributed by atoms with van der Waals surface area (Å²) in [5.41, 5.74) is 5.79. The van der Waals surface area contributed by atoms with Gasteiger partial charge in [-0.1, -0.05) is 19.3 Å². The fourth-order valence-electron chi connectivity index (χ4n) is 4.12. The molecule has 0 aromatic heterocycles. The Morgan fingerprint density at radius 3 is 2.48 bits per heavy atom. The number of amides is 1. The highest BCUT2D eigenvalue weighted by Crippen LogP contribution is 2.29. The maximum atomic E-state index is 12.7. The zero-order valence-corrected chi connectivity index (χ0v) is 14.3. The molecule has 5 nitrogen and oxygen atoms in total. The van der Waals surface area contributed by atoms with Gasteiger partial charge in [0.2, 0.25) is 5.91 Å². The zero-order chi connectivity index (χ0) is 16.1. The lowest BCUT2D eigenvalue weighted by molar-refractivity contribution is -0.141. The Kier molecular flexibility index (Phi) is 5.94. The molecule has 0 bridgehead atoms. The van der Waals surface area contributed by atoms with E-state index in [4.69, 9.17) is 15.2 Å². The highest BCUT2D eigenvalue weighted by atomic mass is 16.5. The second-order valence-corrected chi connectivity index (χ2v) is 7.53. The fraction of sp³-hybridized carbons (Fsp3) is 0.944. The van der Waals surface area contributed by atoms with Crippen LogP contribution in [0.4, 0.5) is 0 Å². The smallest absolute Gasteiger partial charge is 0.242 e. The van der Waals surface area contributed by atoms with Gasteiger partial charge in [-0.3, -0.25) is 4.79 Å². The standard InChI is InChI=1S/C18H32N2O3/c19-18(9-3-1-4-10-18)17(21)20-11-7-15(8-12-20)23-14-16-6-2-5-13-22-16/h15-16H,1-14,19H2. The predicted octanol–water partition coefficient (Wildman–Crippen LogP) is 2.22. The van der Waals surface area contributed by atoms with E-state index >= 15 is 0 Å². The summed E-state index contributed by atoms with van der Waals surface area (Å²) in [5, 5.41) is 0. The summed E-state index contributed by atoms with van der Waals surface area (Å²) in [4.78, 5) is 14.7. The Morgan fingerprint density at radius 2 is 1.83 bits per heavy atom. The first-order valence-corrected chi connectivity index (χ1v) is 9.49. The zero-order valence-electron chi connectivity index (χ0n) is 14.3. The first-order valence-electron chi connectivity index (χ1n) is 9.49. The molecule has 2 aliphatic heterocycles. The van der Waals surface area contributed by atoms with Gasteiger partial charge in [-0.05, 0) is 44.9 Å². The lowest BCUT2D eigenvalue weighted by Crippen LogP contribution is -2.58. The number of nitrogens with zero attached hydrogens (tertiary/aromatic N) is 1. The first-order chi connectivity index (χ1) is 11.2. The van der Waals surface area contributed by atoms with Gasteiger partial charge in [-0.15, -0.1) is 0 Å². The third-order valence-electron chi connectivity index (χ3n) is 5.69. The lowest BCUT2D eigenvalue weighted by Gasteiger charge is -2.40. The highest BCUT2D eigenvalue weighted by molar-refractivity contribution is 5.86. The van der Waals surface area contributed by atoms with Crippen LogP contribution in [0.5, 0.6) is 0 Å². The molecule has 1 unspecified atom stereocenters. The van der Waals surface area contributed by atoms with E-state index in [2.05, 4.69) is 0 Å². The molecule has 23 heavy (non-hydrogen) atoms. The summed E-state index contributed by atoms with van der Waals surface area (Å²) >= 11 is 0. The number of piperidine rings is 1. The Morgan fingerprint density at radius 1 is 1.09 bits per heavy atom. The molecule has 2 heterocycles. The van der Waals surface area contributed by atoms with Crippen molar-refractivity contribution in [3.8, 4) is 0 Å². The highest BCUT2D eigenvalue weighted by Gasteiger charge is 2.39. The van der Waals surface area contributed by atoms with Crippen molar-refractivity contribution >= 4 is 5.91 Å². The van der Waals surface area contributed by atoms with Gasteiger partial charge in [0, 0.05) is 19.7 Å². The van der Waals surface area contributed by atoms with Crippen molar-refractivity contribution in [3.63, 3.8) is 0 Å². The quantitative estimate of drug-likeness (QED) is 0.861. The average molecular weight is 324 g/mol. The van der Waals surface area contributed by atoms with Gasteiger partial charge in [0.25, 0.3) is 0 Å².